The predicted octanol–water partition coefficient (Wildman–Crippen LogP) is 3.96. The summed E-state index contributed by atoms with van der Waals surface area (Å²) in [7, 11) is 0. The molecule has 0 bridgehead atoms. The lowest BCUT2D eigenvalue weighted by Gasteiger charge is -2.48. The van der Waals surface area contributed by atoms with E-state index in [1.165, 1.54) is 48.7 Å². The normalized spacial score (nSPS) is 21.4. The van der Waals surface area contributed by atoms with Crippen LogP contribution < -0.4 is 5.32 Å². The molecule has 0 saturated carbocycles. The first-order chi connectivity index (χ1) is 12.4. The zero-order valence-corrected chi connectivity index (χ0v) is 15.2. The third-order valence-corrected chi connectivity index (χ3v) is 6.10. The summed E-state index contributed by atoms with van der Waals surface area (Å²) in [6.45, 7) is 6.35. The second-order valence-electron chi connectivity index (χ2n) is 7.63. The van der Waals surface area contributed by atoms with E-state index in [1.54, 1.807) is 0 Å². The fraction of sp³-hybridized carbons (Fsp3) is 0.545. The third-order valence-electron chi connectivity index (χ3n) is 6.10. The molecule has 0 amide bonds. The highest BCUT2D eigenvalue weighted by Crippen LogP contribution is 2.30. The number of ether oxygens (including phenoxy) is 1. The van der Waals surface area contributed by atoms with Gasteiger partial charge in [0.25, 0.3) is 0 Å². The highest BCUT2D eigenvalue weighted by atomic mass is 16.5. The molecule has 2 saturated heterocycles. The van der Waals surface area contributed by atoms with E-state index in [1.807, 2.05) is 0 Å². The highest BCUT2D eigenvalue weighted by molar-refractivity contribution is 5.85. The molecule has 2 aliphatic heterocycles. The maximum Gasteiger partial charge on any atom is 0.0484 e. The summed E-state index contributed by atoms with van der Waals surface area (Å²) in [4.78, 5) is 2.76. The van der Waals surface area contributed by atoms with Gasteiger partial charge in [-0.2, -0.15) is 0 Å². The van der Waals surface area contributed by atoms with Crippen LogP contribution in [0.15, 0.2) is 42.5 Å². The van der Waals surface area contributed by atoms with Gasteiger partial charge in [0.1, 0.15) is 0 Å². The highest BCUT2D eigenvalue weighted by Gasteiger charge is 2.38. The number of nitrogens with one attached hydrogen (secondary N) is 1. The van der Waals surface area contributed by atoms with Crippen LogP contribution in [0.1, 0.15) is 37.7 Å². The SMILES string of the molecule is c1ccc2c(CNCC3(N4CCCCC4)CCOCC3)cccc2c1. The maximum atomic E-state index is 5.68. The van der Waals surface area contributed by atoms with Crippen LogP contribution in [0.2, 0.25) is 0 Å². The zero-order chi connectivity index (χ0) is 17.0. The van der Waals surface area contributed by atoms with Gasteiger partial charge >= 0.3 is 0 Å². The Labute approximate surface area is 151 Å². The van der Waals surface area contributed by atoms with E-state index in [9.17, 15) is 0 Å². The fourth-order valence-electron chi connectivity index (χ4n) is 4.60. The molecule has 0 spiro atoms. The van der Waals surface area contributed by atoms with Crippen LogP contribution in [0.25, 0.3) is 10.8 Å². The molecule has 0 unspecified atom stereocenters. The number of fused-ring (bicyclic) bond motifs is 1. The summed E-state index contributed by atoms with van der Waals surface area (Å²) in [5, 5.41) is 6.51. The number of hydrogen-bond donors (Lipinski definition) is 1. The molecule has 0 aromatic heterocycles. The maximum absolute atomic E-state index is 5.68. The molecule has 0 atom stereocenters. The van der Waals surface area contributed by atoms with E-state index in [0.717, 1.165) is 39.1 Å². The van der Waals surface area contributed by atoms with Gasteiger partial charge in [-0.15, -0.1) is 0 Å². The fourth-order valence-corrected chi connectivity index (χ4v) is 4.60. The van der Waals surface area contributed by atoms with Crippen molar-refractivity contribution in [3.05, 3.63) is 48.0 Å². The summed E-state index contributed by atoms with van der Waals surface area (Å²) in [6, 6.07) is 15.3. The van der Waals surface area contributed by atoms with Crippen LogP contribution in [0, 0.1) is 0 Å². The van der Waals surface area contributed by atoms with Gasteiger partial charge < -0.3 is 10.1 Å². The lowest BCUT2D eigenvalue weighted by Crippen LogP contribution is -2.59. The number of likely N-dealkylation sites (tertiary alicyclic amines) is 1. The van der Waals surface area contributed by atoms with Crippen molar-refractivity contribution >= 4 is 10.8 Å². The van der Waals surface area contributed by atoms with Crippen LogP contribution in [0.4, 0.5) is 0 Å². The summed E-state index contributed by atoms with van der Waals surface area (Å²) >= 11 is 0. The summed E-state index contributed by atoms with van der Waals surface area (Å²) in [5.41, 5.74) is 1.70. The molecule has 2 heterocycles. The summed E-state index contributed by atoms with van der Waals surface area (Å²) in [5.74, 6) is 0. The van der Waals surface area contributed by atoms with Crippen LogP contribution in [-0.4, -0.2) is 43.3 Å². The second kappa shape index (κ2) is 7.86. The molecule has 3 nitrogen and oxygen atoms in total. The average Bonchev–Trinajstić information content (AvgIpc) is 2.70. The standard InChI is InChI=1S/C22H30N2O/c1-4-13-24(14-5-1)22(11-15-25-16-12-22)18-23-17-20-9-6-8-19-7-2-3-10-21(19)20/h2-3,6-10,23H,1,4-5,11-18H2. The topological polar surface area (TPSA) is 24.5 Å². The molecule has 1 N–H and O–H groups in total. The minimum Gasteiger partial charge on any atom is -0.381 e. The lowest BCUT2D eigenvalue weighted by atomic mass is 9.86. The van der Waals surface area contributed by atoms with Crippen LogP contribution in [0.5, 0.6) is 0 Å². The molecule has 2 fully saturated rings. The van der Waals surface area contributed by atoms with Crippen molar-refractivity contribution in [1.82, 2.24) is 10.2 Å². The number of hydrogen-bond acceptors (Lipinski definition) is 3. The quantitative estimate of drug-likeness (QED) is 0.893. The van der Waals surface area contributed by atoms with E-state index in [-0.39, 0.29) is 0 Å². The monoisotopic (exact) mass is 338 g/mol. The van der Waals surface area contributed by atoms with Crippen molar-refractivity contribution in [2.24, 2.45) is 0 Å². The molecule has 0 radical (unpaired) electrons. The Balaban J connectivity index is 1.45. The number of rotatable bonds is 5. The van der Waals surface area contributed by atoms with Gasteiger partial charge in [-0.25, -0.2) is 0 Å². The Hall–Kier alpha value is -1.42. The second-order valence-corrected chi connectivity index (χ2v) is 7.63. The first-order valence-electron chi connectivity index (χ1n) is 9.88. The third kappa shape index (κ3) is 3.74. The van der Waals surface area contributed by atoms with Crippen LogP contribution >= 0.6 is 0 Å². The van der Waals surface area contributed by atoms with E-state index in [0.29, 0.717) is 5.54 Å². The van der Waals surface area contributed by atoms with Gasteiger partial charge in [-0.1, -0.05) is 48.9 Å². The van der Waals surface area contributed by atoms with Crippen molar-refractivity contribution in [3.63, 3.8) is 0 Å². The molecule has 3 heteroatoms. The van der Waals surface area contributed by atoms with Crippen LogP contribution in [0.3, 0.4) is 0 Å². The summed E-state index contributed by atoms with van der Waals surface area (Å²) < 4.78 is 5.68. The van der Waals surface area contributed by atoms with E-state index >= 15 is 0 Å². The van der Waals surface area contributed by atoms with Crippen molar-refractivity contribution in [1.29, 1.82) is 0 Å². The Kier molecular flexibility index (Phi) is 5.35. The van der Waals surface area contributed by atoms with Gasteiger partial charge in [0, 0.05) is 31.8 Å². The predicted molar refractivity (Wildman–Crippen MR) is 104 cm³/mol. The number of benzene rings is 2. The van der Waals surface area contributed by atoms with Crippen molar-refractivity contribution in [2.75, 3.05) is 32.8 Å². The minimum atomic E-state index is 0.295. The van der Waals surface area contributed by atoms with Gasteiger partial charge in [0.2, 0.25) is 0 Å². The Morgan fingerprint density at radius 3 is 2.52 bits per heavy atom. The molecule has 2 aromatic carbocycles. The molecular formula is C22H30N2O. The molecule has 25 heavy (non-hydrogen) atoms. The first kappa shape index (κ1) is 17.0. The molecular weight excluding hydrogens is 308 g/mol. The Morgan fingerprint density at radius 1 is 0.920 bits per heavy atom. The van der Waals surface area contributed by atoms with Gasteiger partial charge in [-0.3, -0.25) is 4.90 Å². The van der Waals surface area contributed by atoms with E-state index < -0.39 is 0 Å². The van der Waals surface area contributed by atoms with Crippen LogP contribution in [-0.2, 0) is 11.3 Å². The smallest absolute Gasteiger partial charge is 0.0484 e. The van der Waals surface area contributed by atoms with Gasteiger partial charge in [0.05, 0.1) is 0 Å². The first-order valence-corrected chi connectivity index (χ1v) is 9.88. The van der Waals surface area contributed by atoms with Crippen molar-refractivity contribution in [3.8, 4) is 0 Å². The number of piperidine rings is 1. The molecule has 0 aliphatic carbocycles. The summed E-state index contributed by atoms with van der Waals surface area (Å²) in [6.07, 6.45) is 6.43. The van der Waals surface area contributed by atoms with E-state index in [2.05, 4.69) is 52.7 Å². The molecule has 134 valence electrons. The van der Waals surface area contributed by atoms with Crippen molar-refractivity contribution < 1.29 is 4.74 Å². The lowest BCUT2D eigenvalue weighted by molar-refractivity contribution is -0.0358. The largest absolute Gasteiger partial charge is 0.381 e. The molecule has 4 rings (SSSR count). The van der Waals surface area contributed by atoms with E-state index in [4.69, 9.17) is 4.74 Å². The zero-order valence-electron chi connectivity index (χ0n) is 15.2. The average molecular weight is 338 g/mol. The molecule has 2 aliphatic rings. The van der Waals surface area contributed by atoms with Gasteiger partial charge in [0.15, 0.2) is 0 Å². The Morgan fingerprint density at radius 2 is 1.68 bits per heavy atom. The number of nitrogens with zero attached hydrogens (tertiary/aromatic N) is 1. The molecule has 2 aromatic rings. The minimum absolute atomic E-state index is 0.295. The van der Waals surface area contributed by atoms with Gasteiger partial charge in [-0.05, 0) is 55.1 Å². The van der Waals surface area contributed by atoms with Crippen molar-refractivity contribution in [2.45, 2.75) is 44.2 Å². The Bertz CT molecular complexity index is 682.